The molecule has 6 atom stereocenters. The smallest absolute Gasteiger partial charge is 0.229 e. The van der Waals surface area contributed by atoms with Gasteiger partial charge in [-0.15, -0.1) is 0 Å². The predicted molar refractivity (Wildman–Crippen MR) is 151 cm³/mol. The number of benzene rings is 1. The third-order valence-corrected chi connectivity index (χ3v) is 10.9. The highest BCUT2D eigenvalue weighted by molar-refractivity contribution is 7.81. The third kappa shape index (κ3) is 4.16. The minimum Gasteiger partial charge on any atom is -0.490 e. The molecule has 2 bridgehead atoms. The van der Waals surface area contributed by atoms with Gasteiger partial charge in [-0.1, -0.05) is 26.8 Å². The zero-order valence-corrected chi connectivity index (χ0v) is 24.6. The van der Waals surface area contributed by atoms with Crippen LogP contribution in [0.1, 0.15) is 70.9 Å². The molecule has 0 radical (unpaired) electrons. The molecule has 0 unspecified atom stereocenters. The number of amides is 1. The van der Waals surface area contributed by atoms with Crippen LogP contribution in [-0.2, 0) is 21.4 Å². The summed E-state index contributed by atoms with van der Waals surface area (Å²) in [5, 5.41) is 18.7. The molecule has 8 heteroatoms. The molecule has 1 amide bonds. The molecule has 3 N–H and O–H groups in total. The van der Waals surface area contributed by atoms with E-state index in [1.807, 2.05) is 6.92 Å². The van der Waals surface area contributed by atoms with Gasteiger partial charge in [0.05, 0.1) is 18.0 Å². The number of piperidine rings is 1. The summed E-state index contributed by atoms with van der Waals surface area (Å²) >= 11 is 4.01. The van der Waals surface area contributed by atoms with Crippen LogP contribution in [0.3, 0.4) is 0 Å². The molecule has 7 nitrogen and oxygen atoms in total. The fourth-order valence-electron chi connectivity index (χ4n) is 8.16. The SMILES string of the molecule is COCC[C@]12C[C@H]([C@](C)(O)C(C)(C)C)C[C@@H]3Oc4c(OCCCNC(=O)CS)ccc5c4[C@@]31CCN[C@@H]2C5. The van der Waals surface area contributed by atoms with Crippen molar-refractivity contribution in [3.8, 4) is 11.5 Å². The number of methoxy groups -OCH3 is 1. The van der Waals surface area contributed by atoms with E-state index < -0.39 is 5.60 Å². The monoisotopic (exact) mass is 546 g/mol. The number of carbonyl (C=O) groups is 1. The van der Waals surface area contributed by atoms with Crippen LogP contribution in [0.4, 0.5) is 0 Å². The number of carbonyl (C=O) groups excluding carboxylic acids is 1. The van der Waals surface area contributed by atoms with Gasteiger partial charge in [0.1, 0.15) is 6.10 Å². The summed E-state index contributed by atoms with van der Waals surface area (Å²) in [6.07, 6.45) is 5.38. The largest absolute Gasteiger partial charge is 0.490 e. The lowest BCUT2D eigenvalue weighted by Gasteiger charge is -2.66. The summed E-state index contributed by atoms with van der Waals surface area (Å²) in [7, 11) is 1.79. The molecule has 2 fully saturated rings. The van der Waals surface area contributed by atoms with Gasteiger partial charge < -0.3 is 30.0 Å². The number of nitrogens with one attached hydrogen (secondary N) is 2. The number of aliphatic hydroxyl groups is 1. The van der Waals surface area contributed by atoms with Gasteiger partial charge in [0.2, 0.25) is 5.91 Å². The Morgan fingerprint density at radius 3 is 2.79 bits per heavy atom. The van der Waals surface area contributed by atoms with E-state index in [1.165, 1.54) is 11.1 Å². The van der Waals surface area contributed by atoms with E-state index in [9.17, 15) is 9.90 Å². The number of ether oxygens (including phenoxy) is 3. The van der Waals surface area contributed by atoms with Crippen molar-refractivity contribution in [3.63, 3.8) is 0 Å². The maximum atomic E-state index is 12.0. The van der Waals surface area contributed by atoms with Crippen LogP contribution in [0.25, 0.3) is 0 Å². The van der Waals surface area contributed by atoms with Crippen molar-refractivity contribution in [2.75, 3.05) is 39.2 Å². The van der Waals surface area contributed by atoms with Gasteiger partial charge in [-0.3, -0.25) is 4.79 Å². The Bertz CT molecular complexity index is 1060. The third-order valence-electron chi connectivity index (χ3n) is 10.6. The first-order valence-corrected chi connectivity index (χ1v) is 14.9. The van der Waals surface area contributed by atoms with E-state index in [0.717, 1.165) is 50.1 Å². The van der Waals surface area contributed by atoms with Gasteiger partial charge >= 0.3 is 0 Å². The second kappa shape index (κ2) is 10.2. The van der Waals surface area contributed by atoms with Crippen LogP contribution in [0, 0.1) is 16.7 Å². The summed E-state index contributed by atoms with van der Waals surface area (Å²) in [6, 6.07) is 4.62. The number of thiol groups is 1. The van der Waals surface area contributed by atoms with Crippen LogP contribution < -0.4 is 20.1 Å². The Labute approximate surface area is 233 Å². The van der Waals surface area contributed by atoms with Crippen LogP contribution >= 0.6 is 12.6 Å². The zero-order chi connectivity index (χ0) is 27.3. The molecule has 2 heterocycles. The van der Waals surface area contributed by atoms with Crippen LogP contribution in [0.15, 0.2) is 12.1 Å². The van der Waals surface area contributed by atoms with E-state index in [2.05, 4.69) is 56.2 Å². The van der Waals surface area contributed by atoms with Gasteiger partial charge in [-0.05, 0) is 75.0 Å². The first kappa shape index (κ1) is 28.1. The molecular formula is C30H46N2O5S. The molecule has 1 aromatic carbocycles. The average Bonchev–Trinajstić information content (AvgIpc) is 3.20. The normalized spacial score (nSPS) is 32.7. The van der Waals surface area contributed by atoms with Crippen molar-refractivity contribution in [1.29, 1.82) is 0 Å². The minimum absolute atomic E-state index is 0.00925. The quantitative estimate of drug-likeness (QED) is 0.265. The minimum atomic E-state index is -0.835. The van der Waals surface area contributed by atoms with Gasteiger partial charge in [0, 0.05) is 42.7 Å². The molecule has 2 aliphatic heterocycles. The molecule has 0 aromatic heterocycles. The van der Waals surface area contributed by atoms with E-state index in [0.29, 0.717) is 32.2 Å². The van der Waals surface area contributed by atoms with Gasteiger partial charge in [-0.25, -0.2) is 0 Å². The second-order valence-corrected chi connectivity index (χ2v) is 13.4. The predicted octanol–water partition coefficient (Wildman–Crippen LogP) is 3.65. The molecule has 4 aliphatic rings. The molecule has 38 heavy (non-hydrogen) atoms. The van der Waals surface area contributed by atoms with E-state index in [4.69, 9.17) is 14.2 Å². The van der Waals surface area contributed by atoms with Crippen molar-refractivity contribution >= 4 is 18.5 Å². The Kier molecular flexibility index (Phi) is 7.51. The summed E-state index contributed by atoms with van der Waals surface area (Å²) in [5.41, 5.74) is 1.44. The maximum Gasteiger partial charge on any atom is 0.229 e. The van der Waals surface area contributed by atoms with E-state index in [-0.39, 0.29) is 39.9 Å². The molecule has 1 aromatic rings. The highest BCUT2D eigenvalue weighted by Crippen LogP contribution is 2.71. The number of hydrogen-bond acceptors (Lipinski definition) is 7. The molecule has 1 spiro atoms. The topological polar surface area (TPSA) is 89.1 Å². The second-order valence-electron chi connectivity index (χ2n) is 13.1. The molecule has 5 rings (SSSR count). The number of rotatable bonds is 10. The van der Waals surface area contributed by atoms with Crippen LogP contribution in [0.2, 0.25) is 0 Å². The summed E-state index contributed by atoms with van der Waals surface area (Å²) < 4.78 is 19.0. The molecule has 1 saturated carbocycles. The fraction of sp³-hybridized carbons (Fsp3) is 0.767. The zero-order valence-electron chi connectivity index (χ0n) is 23.7. The van der Waals surface area contributed by atoms with Crippen molar-refractivity contribution in [1.82, 2.24) is 10.6 Å². The first-order chi connectivity index (χ1) is 18.0. The highest BCUT2D eigenvalue weighted by Gasteiger charge is 2.72. The Morgan fingerprint density at radius 2 is 2.08 bits per heavy atom. The van der Waals surface area contributed by atoms with Gasteiger partial charge in [0.25, 0.3) is 0 Å². The lowest BCUT2D eigenvalue weighted by Crippen LogP contribution is -2.73. The fourth-order valence-corrected chi connectivity index (χ4v) is 8.27. The van der Waals surface area contributed by atoms with Gasteiger partial charge in [0.15, 0.2) is 11.5 Å². The molecule has 212 valence electrons. The van der Waals surface area contributed by atoms with Crippen molar-refractivity contribution in [3.05, 3.63) is 23.3 Å². The standard InChI is InChI=1S/C30H46N2O5S/c1-27(2,3)28(4,34)20-16-23-30-9-12-31-22(29(30,17-20)10-14-35-5)15-19-7-8-21(26(37-23)25(19)30)36-13-6-11-32-24(33)18-38/h7-8,20,22-23,31,34,38H,6,9-18H2,1-5H3,(H,32,33)/t20-,22-,23+,28+,29-,30-/m1/s1. The lowest BCUT2D eigenvalue weighted by molar-refractivity contribution is -0.173. The number of hydrogen-bond donors (Lipinski definition) is 4. The Hall–Kier alpha value is -1.48. The Morgan fingerprint density at radius 1 is 1.29 bits per heavy atom. The van der Waals surface area contributed by atoms with Crippen LogP contribution in [0.5, 0.6) is 11.5 Å². The highest BCUT2D eigenvalue weighted by atomic mass is 32.1. The molecule has 1 saturated heterocycles. The lowest BCUT2D eigenvalue weighted by atomic mass is 9.40. The summed E-state index contributed by atoms with van der Waals surface area (Å²) in [4.78, 5) is 11.5. The summed E-state index contributed by atoms with van der Waals surface area (Å²) in [5.74, 6) is 1.93. The van der Waals surface area contributed by atoms with Gasteiger partial charge in [-0.2, -0.15) is 12.6 Å². The van der Waals surface area contributed by atoms with Crippen molar-refractivity contribution in [2.45, 2.75) is 89.4 Å². The Balaban J connectivity index is 1.52. The van der Waals surface area contributed by atoms with E-state index >= 15 is 0 Å². The maximum absolute atomic E-state index is 12.0. The molecular weight excluding hydrogens is 500 g/mol. The van der Waals surface area contributed by atoms with Crippen molar-refractivity contribution in [2.24, 2.45) is 16.7 Å². The molecule has 2 aliphatic carbocycles. The van der Waals surface area contributed by atoms with Crippen LogP contribution in [-0.4, -0.2) is 67.9 Å². The van der Waals surface area contributed by atoms with Crippen molar-refractivity contribution < 1.29 is 24.1 Å². The average molecular weight is 547 g/mol. The first-order valence-electron chi connectivity index (χ1n) is 14.3. The van der Waals surface area contributed by atoms with E-state index in [1.54, 1.807) is 7.11 Å². The summed E-state index contributed by atoms with van der Waals surface area (Å²) in [6.45, 7) is 11.2.